The van der Waals surface area contributed by atoms with Gasteiger partial charge in [0.25, 0.3) is 20.2 Å². The maximum absolute atomic E-state index is 14.5. The number of hydrogen-bond acceptors (Lipinski definition) is 4. The van der Waals surface area contributed by atoms with Crippen molar-refractivity contribution in [1.29, 1.82) is 0 Å². The highest BCUT2D eigenvalue weighted by Gasteiger charge is 2.62. The van der Waals surface area contributed by atoms with Crippen LogP contribution in [-0.2, 0) is 31.0 Å². The molecule has 6 nitrogen and oxygen atoms in total. The minimum absolute atomic E-state index is 0.0371. The summed E-state index contributed by atoms with van der Waals surface area (Å²) in [5, 5.41) is 0.413. The monoisotopic (exact) mass is 671 g/mol. The molecule has 43 heavy (non-hydrogen) atoms. The molecule has 10 heteroatoms. The van der Waals surface area contributed by atoms with Gasteiger partial charge in [0.05, 0.1) is 21.8 Å². The summed E-state index contributed by atoms with van der Waals surface area (Å²) in [4.78, 5) is -0.218. The van der Waals surface area contributed by atoms with E-state index in [2.05, 4.69) is 54.7 Å². The summed E-state index contributed by atoms with van der Waals surface area (Å²) in [5.74, 6) is -0.0458. The normalized spacial score (nSPS) is 15.4. The fourth-order valence-corrected chi connectivity index (χ4v) is 24.8. The van der Waals surface area contributed by atoms with Crippen LogP contribution < -0.4 is 5.19 Å². The van der Waals surface area contributed by atoms with Gasteiger partial charge in [-0.3, -0.25) is 9.11 Å². The van der Waals surface area contributed by atoms with E-state index in [1.807, 2.05) is 55.4 Å². The first-order valence-corrected chi connectivity index (χ1v) is 22.3. The van der Waals surface area contributed by atoms with Gasteiger partial charge in [0.15, 0.2) is 0 Å². The summed E-state index contributed by atoms with van der Waals surface area (Å²) >= 11 is 0. The quantitative estimate of drug-likeness (QED) is 0.110. The fourth-order valence-electron chi connectivity index (χ4n) is 8.04. The Morgan fingerprint density at radius 2 is 1.28 bits per heavy atom. The van der Waals surface area contributed by atoms with Gasteiger partial charge in [-0.15, -0.1) is 6.58 Å². The Hall–Kier alpha value is -1.05. The standard InChI is InChI=1S/C33H59O6S2Si2/c1-17-18-28-19-20-29(31(30(28)40(34,35)36)43(24(8)9,25(10)11)26(12)13)33(41(37,38)39,42(22(4)5)23(6)7)27(14)32(15,16)21(2)3/h17,19-26H,1,14,18H2,2-13,15-16H3,(H,34,35,36)(H,37,38,39). The van der Waals surface area contributed by atoms with Gasteiger partial charge in [0.1, 0.15) is 4.37 Å². The predicted molar refractivity (Wildman–Crippen MR) is 188 cm³/mol. The molecule has 0 fully saturated rings. The van der Waals surface area contributed by atoms with Crippen molar-refractivity contribution in [2.24, 2.45) is 11.3 Å². The molecule has 1 aromatic carbocycles. The van der Waals surface area contributed by atoms with E-state index in [-0.39, 0.29) is 50.5 Å². The molecule has 1 aromatic rings. The van der Waals surface area contributed by atoms with Crippen LogP contribution in [0.5, 0.6) is 0 Å². The predicted octanol–water partition coefficient (Wildman–Crippen LogP) is 8.72. The molecule has 1 atom stereocenters. The SMILES string of the molecule is C=CCc1ccc(C(C(=C)C(C)(C)C(C)C)([Si](C(C)C)C(C)C)S(=O)(=O)O)c([Si](C(C)C)(C(C)C)C(C)C)c1S(=O)(=O)O. The highest BCUT2D eigenvalue weighted by Crippen LogP contribution is 2.55. The highest BCUT2D eigenvalue weighted by molar-refractivity contribution is 7.89. The minimum atomic E-state index is -4.96. The van der Waals surface area contributed by atoms with Crippen LogP contribution in [0.1, 0.15) is 108 Å². The van der Waals surface area contributed by atoms with Crippen molar-refractivity contribution < 1.29 is 25.9 Å². The Morgan fingerprint density at radius 3 is 1.56 bits per heavy atom. The Bertz CT molecular complexity index is 1360. The van der Waals surface area contributed by atoms with Crippen molar-refractivity contribution in [1.82, 2.24) is 0 Å². The van der Waals surface area contributed by atoms with E-state index in [1.165, 1.54) is 0 Å². The Balaban J connectivity index is 5.24. The molecule has 247 valence electrons. The summed E-state index contributed by atoms with van der Waals surface area (Å²) in [7, 11) is -15.0. The smallest absolute Gasteiger partial charge is 0.285 e. The number of allylic oxidation sites excluding steroid dienone is 1. The maximum atomic E-state index is 14.5. The molecule has 0 saturated carbocycles. The van der Waals surface area contributed by atoms with E-state index in [4.69, 9.17) is 0 Å². The van der Waals surface area contributed by atoms with Crippen LogP contribution in [0.2, 0.25) is 27.7 Å². The van der Waals surface area contributed by atoms with Crippen molar-refractivity contribution in [2.45, 2.75) is 140 Å². The van der Waals surface area contributed by atoms with E-state index in [1.54, 1.807) is 18.2 Å². The van der Waals surface area contributed by atoms with Gasteiger partial charge < -0.3 is 0 Å². The van der Waals surface area contributed by atoms with Gasteiger partial charge in [-0.25, -0.2) is 0 Å². The average Bonchev–Trinajstić information content (AvgIpc) is 2.79. The summed E-state index contributed by atoms with van der Waals surface area (Å²) in [6.45, 7) is 36.6. The summed E-state index contributed by atoms with van der Waals surface area (Å²) in [5.41, 5.74) is -0.136. The number of benzene rings is 1. The lowest BCUT2D eigenvalue weighted by molar-refractivity contribution is 0.293. The Labute approximate surface area is 267 Å². The second-order valence-electron chi connectivity index (χ2n) is 14.6. The van der Waals surface area contributed by atoms with Crippen LogP contribution in [0, 0.1) is 11.3 Å². The van der Waals surface area contributed by atoms with Crippen LogP contribution in [0.15, 0.2) is 41.8 Å². The molecule has 0 spiro atoms. The second-order valence-corrected chi connectivity index (χ2v) is 27.7. The molecule has 0 aliphatic rings. The lowest BCUT2D eigenvalue weighted by Crippen LogP contribution is -2.65. The van der Waals surface area contributed by atoms with Gasteiger partial charge in [-0.1, -0.05) is 133 Å². The zero-order valence-electron chi connectivity index (χ0n) is 29.2. The fraction of sp³-hybridized carbons (Fsp3) is 0.697. The zero-order chi connectivity index (χ0) is 34.3. The molecule has 1 rings (SSSR count). The number of rotatable bonds is 15. The molecule has 0 saturated heterocycles. The molecule has 0 aromatic heterocycles. The van der Waals surface area contributed by atoms with Crippen molar-refractivity contribution in [3.8, 4) is 0 Å². The third kappa shape index (κ3) is 6.75. The van der Waals surface area contributed by atoms with Crippen molar-refractivity contribution in [2.75, 3.05) is 0 Å². The largest absolute Gasteiger partial charge is 0.294 e. The molecule has 0 bridgehead atoms. The lowest BCUT2D eigenvalue weighted by atomic mass is 9.73. The molecule has 1 unspecified atom stereocenters. The second kappa shape index (κ2) is 13.7. The molecule has 0 amide bonds. The lowest BCUT2D eigenvalue weighted by Gasteiger charge is -2.53. The average molecular weight is 672 g/mol. The molecule has 2 N–H and O–H groups in total. The Morgan fingerprint density at radius 1 is 0.860 bits per heavy atom. The summed E-state index contributed by atoms with van der Waals surface area (Å²) in [6, 6.07) is 3.35. The molecule has 0 aliphatic heterocycles. The molecule has 0 heterocycles. The zero-order valence-corrected chi connectivity index (χ0v) is 32.8. The van der Waals surface area contributed by atoms with Crippen molar-refractivity contribution in [3.63, 3.8) is 0 Å². The molecular weight excluding hydrogens is 613 g/mol. The summed E-state index contributed by atoms with van der Waals surface area (Å²) < 4.78 is 77.1. The summed E-state index contributed by atoms with van der Waals surface area (Å²) in [6.07, 6.45) is 1.76. The van der Waals surface area contributed by atoms with Crippen molar-refractivity contribution >= 4 is 42.3 Å². The van der Waals surface area contributed by atoms with Crippen LogP contribution in [-0.4, -0.2) is 42.8 Å². The van der Waals surface area contributed by atoms with Gasteiger partial charge in [-0.05, 0) is 56.3 Å². The van der Waals surface area contributed by atoms with Crippen LogP contribution in [0.4, 0.5) is 0 Å². The van der Waals surface area contributed by atoms with Gasteiger partial charge in [0.2, 0.25) is 0 Å². The van der Waals surface area contributed by atoms with Crippen LogP contribution in [0.3, 0.4) is 0 Å². The molecule has 1 radical (unpaired) electrons. The first kappa shape index (κ1) is 40.0. The molecule has 0 aliphatic carbocycles. The van der Waals surface area contributed by atoms with Gasteiger partial charge in [0, 0.05) is 0 Å². The maximum Gasteiger partial charge on any atom is 0.294 e. The van der Waals surface area contributed by atoms with Crippen LogP contribution in [0.25, 0.3) is 0 Å². The van der Waals surface area contributed by atoms with E-state index in [0.717, 1.165) is 0 Å². The first-order chi connectivity index (χ1) is 19.2. The molecular formula is C33H59O6S2Si2. The third-order valence-corrected chi connectivity index (χ3v) is 25.1. The van der Waals surface area contributed by atoms with Crippen LogP contribution >= 0.6 is 0 Å². The minimum Gasteiger partial charge on any atom is -0.285 e. The van der Waals surface area contributed by atoms with Crippen molar-refractivity contribution in [3.05, 3.63) is 48.1 Å². The van der Waals surface area contributed by atoms with E-state index in [9.17, 15) is 25.9 Å². The highest BCUT2D eigenvalue weighted by atomic mass is 32.2. The number of hydrogen-bond donors (Lipinski definition) is 2. The third-order valence-electron chi connectivity index (χ3n) is 10.2. The van der Waals surface area contributed by atoms with Gasteiger partial charge >= 0.3 is 0 Å². The van der Waals surface area contributed by atoms with Gasteiger partial charge in [-0.2, -0.15) is 16.8 Å². The van der Waals surface area contributed by atoms with E-state index in [0.29, 0.717) is 16.3 Å². The topological polar surface area (TPSA) is 109 Å². The van der Waals surface area contributed by atoms with E-state index < -0.39 is 46.9 Å². The van der Waals surface area contributed by atoms with E-state index >= 15 is 0 Å². The first-order valence-electron chi connectivity index (χ1n) is 15.5. The Kier molecular flexibility index (Phi) is 12.8.